The van der Waals surface area contributed by atoms with Crippen molar-refractivity contribution in [3.8, 4) is 0 Å². The molecule has 0 N–H and O–H groups in total. The van der Waals surface area contributed by atoms with Gasteiger partial charge in [0.15, 0.2) is 0 Å². The summed E-state index contributed by atoms with van der Waals surface area (Å²) in [6.45, 7) is 9.30. The second-order valence-electron chi connectivity index (χ2n) is 14.2. The van der Waals surface area contributed by atoms with E-state index in [9.17, 15) is 9.59 Å². The smallest absolute Gasteiger partial charge is 0.338 e. The van der Waals surface area contributed by atoms with Crippen LogP contribution in [0.2, 0.25) is 0 Å². The van der Waals surface area contributed by atoms with E-state index >= 15 is 0 Å². The minimum Gasteiger partial charge on any atom is -0.462 e. The Morgan fingerprint density at radius 2 is 0.750 bits per heavy atom. The van der Waals surface area contributed by atoms with Gasteiger partial charge in [-0.1, -0.05) is 148 Å². The van der Waals surface area contributed by atoms with Crippen molar-refractivity contribution >= 4 is 11.9 Å². The molecule has 0 atom stereocenters. The first kappa shape index (κ1) is 44.1. The normalized spacial score (nSPS) is 11.5. The van der Waals surface area contributed by atoms with E-state index in [1.165, 1.54) is 141 Å². The zero-order valence-corrected chi connectivity index (χ0v) is 32.1. The number of benzene rings is 1. The standard InChI is InChI=1S/C42H76N2O4/c1-5-7-9-11-13-15-17-19-21-23-25-32-43(3)34-28-36-47-41(45)39-30-27-31-40(38-39)42(46)48-37-29-35-44(4)33-26-24-22-20-18-16-14-12-10-8-6-2/h27,30-31,38H,5-26,28-29,32-37H2,1-4H3. The van der Waals surface area contributed by atoms with E-state index < -0.39 is 0 Å². The SMILES string of the molecule is CCCCCCCCCCCCCN(C)CCCOC(=O)c1cccc(C(=O)OCCCN(C)CCCCCCCCCCCCC)c1. The lowest BCUT2D eigenvalue weighted by Gasteiger charge is -2.16. The molecule has 0 amide bonds. The van der Waals surface area contributed by atoms with E-state index in [0.717, 1.165) is 39.0 Å². The lowest BCUT2D eigenvalue weighted by Crippen LogP contribution is -2.22. The van der Waals surface area contributed by atoms with Crippen LogP contribution in [0.25, 0.3) is 0 Å². The van der Waals surface area contributed by atoms with Crippen molar-refractivity contribution in [2.45, 2.75) is 168 Å². The number of hydrogen-bond donors (Lipinski definition) is 0. The van der Waals surface area contributed by atoms with E-state index in [0.29, 0.717) is 24.3 Å². The maximum Gasteiger partial charge on any atom is 0.338 e. The first-order valence-electron chi connectivity index (χ1n) is 20.3. The molecule has 0 bridgehead atoms. The number of ether oxygens (including phenoxy) is 2. The minimum atomic E-state index is -0.387. The molecule has 0 aromatic heterocycles. The van der Waals surface area contributed by atoms with Crippen LogP contribution in [0.15, 0.2) is 24.3 Å². The summed E-state index contributed by atoms with van der Waals surface area (Å²) in [6, 6.07) is 6.69. The molecule has 6 nitrogen and oxygen atoms in total. The fourth-order valence-corrected chi connectivity index (χ4v) is 6.25. The zero-order valence-electron chi connectivity index (χ0n) is 32.1. The minimum absolute atomic E-state index is 0.378. The van der Waals surface area contributed by atoms with Gasteiger partial charge >= 0.3 is 11.9 Å². The summed E-state index contributed by atoms with van der Waals surface area (Å²) in [5.41, 5.74) is 0.788. The highest BCUT2D eigenvalue weighted by Gasteiger charge is 2.13. The van der Waals surface area contributed by atoms with Gasteiger partial charge in [0.2, 0.25) is 0 Å². The molecule has 0 aliphatic rings. The number of hydrogen-bond acceptors (Lipinski definition) is 6. The van der Waals surface area contributed by atoms with Crippen LogP contribution in [0.3, 0.4) is 0 Å². The number of rotatable bonds is 34. The lowest BCUT2D eigenvalue weighted by molar-refractivity contribution is 0.0489. The van der Waals surface area contributed by atoms with Crippen LogP contribution < -0.4 is 0 Å². The highest BCUT2D eigenvalue weighted by molar-refractivity contribution is 5.95. The number of unbranched alkanes of at least 4 members (excludes halogenated alkanes) is 20. The molecule has 1 rings (SSSR count). The topological polar surface area (TPSA) is 59.1 Å². The summed E-state index contributed by atoms with van der Waals surface area (Å²) < 4.78 is 11.0. The predicted molar refractivity (Wildman–Crippen MR) is 204 cm³/mol. The van der Waals surface area contributed by atoms with Crippen molar-refractivity contribution in [1.82, 2.24) is 9.80 Å². The van der Waals surface area contributed by atoms with Crippen LogP contribution >= 0.6 is 0 Å². The van der Waals surface area contributed by atoms with Gasteiger partial charge in [-0.2, -0.15) is 0 Å². The zero-order chi connectivity index (χ0) is 34.9. The van der Waals surface area contributed by atoms with E-state index in [1.54, 1.807) is 24.3 Å². The Morgan fingerprint density at radius 3 is 1.08 bits per heavy atom. The van der Waals surface area contributed by atoms with Gasteiger partial charge in [-0.25, -0.2) is 9.59 Å². The largest absolute Gasteiger partial charge is 0.462 e. The first-order chi connectivity index (χ1) is 23.5. The average molecular weight is 673 g/mol. The molecule has 0 saturated carbocycles. The third kappa shape index (κ3) is 26.0. The fraction of sp³-hybridized carbons (Fsp3) is 0.810. The predicted octanol–water partition coefficient (Wildman–Crippen LogP) is 11.3. The third-order valence-corrected chi connectivity index (χ3v) is 9.46. The highest BCUT2D eigenvalue weighted by atomic mass is 16.5. The Kier molecular flexibility index (Phi) is 29.7. The van der Waals surface area contributed by atoms with Gasteiger partial charge in [0.1, 0.15) is 0 Å². The van der Waals surface area contributed by atoms with Crippen molar-refractivity contribution in [1.29, 1.82) is 0 Å². The molecule has 1 aromatic carbocycles. The van der Waals surface area contributed by atoms with Crippen LogP contribution in [0.4, 0.5) is 0 Å². The molecule has 0 aliphatic heterocycles. The van der Waals surface area contributed by atoms with Crippen LogP contribution in [0.5, 0.6) is 0 Å². The van der Waals surface area contributed by atoms with Gasteiger partial charge in [-0.15, -0.1) is 0 Å². The number of carbonyl (C=O) groups excluding carboxylic acids is 2. The van der Waals surface area contributed by atoms with Gasteiger partial charge in [0.25, 0.3) is 0 Å². The molecule has 0 aliphatic carbocycles. The Hall–Kier alpha value is -1.92. The van der Waals surface area contributed by atoms with Gasteiger partial charge in [-0.05, 0) is 71.1 Å². The number of esters is 2. The van der Waals surface area contributed by atoms with Crippen LogP contribution in [-0.2, 0) is 9.47 Å². The molecule has 1 aromatic rings. The molecule has 0 unspecified atom stereocenters. The molecule has 0 spiro atoms. The number of nitrogens with zero attached hydrogens (tertiary/aromatic N) is 2. The monoisotopic (exact) mass is 673 g/mol. The van der Waals surface area contributed by atoms with Crippen molar-refractivity contribution in [2.24, 2.45) is 0 Å². The summed E-state index contributed by atoms with van der Waals surface area (Å²) in [6.07, 6.45) is 31.5. The number of carbonyl (C=O) groups is 2. The molecule has 0 radical (unpaired) electrons. The van der Waals surface area contributed by atoms with Crippen LogP contribution in [0, 0.1) is 0 Å². The summed E-state index contributed by atoms with van der Waals surface area (Å²) in [5, 5.41) is 0. The molecule has 278 valence electrons. The molecular formula is C42H76N2O4. The Labute approximate surface area is 297 Å². The lowest BCUT2D eigenvalue weighted by atomic mass is 10.1. The van der Waals surface area contributed by atoms with Crippen molar-refractivity contribution in [2.75, 3.05) is 53.5 Å². The molecule has 0 saturated heterocycles. The van der Waals surface area contributed by atoms with Crippen LogP contribution in [-0.4, -0.2) is 75.2 Å². The molecule has 0 fully saturated rings. The Morgan fingerprint density at radius 1 is 0.458 bits per heavy atom. The first-order valence-corrected chi connectivity index (χ1v) is 20.3. The fourth-order valence-electron chi connectivity index (χ4n) is 6.25. The second-order valence-corrected chi connectivity index (χ2v) is 14.2. The van der Waals surface area contributed by atoms with Crippen LogP contribution in [0.1, 0.15) is 189 Å². The van der Waals surface area contributed by atoms with Crippen molar-refractivity contribution in [3.05, 3.63) is 35.4 Å². The Balaban J connectivity index is 2.07. The molecule has 0 heterocycles. The Bertz CT molecular complexity index is 825. The van der Waals surface area contributed by atoms with Gasteiger partial charge in [-0.3, -0.25) is 0 Å². The average Bonchev–Trinajstić information content (AvgIpc) is 3.09. The van der Waals surface area contributed by atoms with E-state index in [2.05, 4.69) is 37.7 Å². The van der Waals surface area contributed by atoms with Gasteiger partial charge in [0.05, 0.1) is 24.3 Å². The second kappa shape index (κ2) is 32.3. The summed E-state index contributed by atoms with van der Waals surface area (Å²) in [5.74, 6) is -0.775. The van der Waals surface area contributed by atoms with E-state index in [1.807, 2.05) is 0 Å². The summed E-state index contributed by atoms with van der Waals surface area (Å²) in [4.78, 5) is 29.9. The third-order valence-electron chi connectivity index (χ3n) is 9.46. The highest BCUT2D eigenvalue weighted by Crippen LogP contribution is 2.13. The maximum atomic E-state index is 12.6. The molecule has 48 heavy (non-hydrogen) atoms. The van der Waals surface area contributed by atoms with Crippen molar-refractivity contribution in [3.63, 3.8) is 0 Å². The summed E-state index contributed by atoms with van der Waals surface area (Å²) >= 11 is 0. The summed E-state index contributed by atoms with van der Waals surface area (Å²) in [7, 11) is 4.29. The van der Waals surface area contributed by atoms with E-state index in [-0.39, 0.29) is 11.9 Å². The van der Waals surface area contributed by atoms with Gasteiger partial charge < -0.3 is 19.3 Å². The maximum absolute atomic E-state index is 12.6. The molecular weight excluding hydrogens is 596 g/mol. The van der Waals surface area contributed by atoms with Crippen molar-refractivity contribution < 1.29 is 19.1 Å². The van der Waals surface area contributed by atoms with Gasteiger partial charge in [0, 0.05) is 13.1 Å². The van der Waals surface area contributed by atoms with E-state index in [4.69, 9.17) is 9.47 Å². The quantitative estimate of drug-likeness (QED) is 0.0536. The molecule has 6 heteroatoms.